The minimum absolute atomic E-state index is 0.0188. The zero-order chi connectivity index (χ0) is 33.3. The number of imide groups is 1. The molecular weight excluding hydrogens is 556 g/mol. The second-order valence-electron chi connectivity index (χ2n) is 11.7. The smallest absolute Gasteiger partial charge is 0.417 e. The molecule has 0 bridgehead atoms. The first-order valence-corrected chi connectivity index (χ1v) is 14.2. The fourth-order valence-electron chi connectivity index (χ4n) is 2.82. The molecule has 1 N–H and O–H groups in total. The normalized spacial score (nSPS) is 12.4. The van der Waals surface area contributed by atoms with Gasteiger partial charge in [-0.3, -0.25) is 14.4 Å². The molecule has 11 nitrogen and oxygen atoms in total. The van der Waals surface area contributed by atoms with E-state index in [0.717, 1.165) is 4.90 Å². The van der Waals surface area contributed by atoms with Crippen molar-refractivity contribution >= 4 is 46.7 Å². The van der Waals surface area contributed by atoms with E-state index in [4.69, 9.17) is 21.1 Å². The predicted molar refractivity (Wildman–Crippen MR) is 158 cm³/mol. The molecule has 0 saturated carbocycles. The Kier molecular flexibility index (Phi) is 21.1. The summed E-state index contributed by atoms with van der Waals surface area (Å²) in [5.41, 5.74) is -1.22. The van der Waals surface area contributed by atoms with Crippen LogP contribution in [0.1, 0.15) is 109 Å². The molecule has 0 aromatic rings. The molecule has 12 heteroatoms. The Hall–Kier alpha value is -2.69. The lowest BCUT2D eigenvalue weighted by Gasteiger charge is -2.32. The lowest BCUT2D eigenvalue weighted by molar-refractivity contribution is -0.165. The van der Waals surface area contributed by atoms with Crippen LogP contribution < -0.4 is 5.32 Å². The summed E-state index contributed by atoms with van der Waals surface area (Å²) in [4.78, 5) is 69.5. The molecule has 41 heavy (non-hydrogen) atoms. The van der Waals surface area contributed by atoms with Crippen LogP contribution in [0.5, 0.6) is 0 Å². The second kappa shape index (κ2) is 20.2. The van der Waals surface area contributed by atoms with Crippen molar-refractivity contribution < 1.29 is 43.0 Å². The van der Waals surface area contributed by atoms with E-state index in [1.54, 1.807) is 55.4 Å². The molecule has 0 aromatic heterocycles. The topological polar surface area (TPSA) is 145 Å². The van der Waals surface area contributed by atoms with E-state index in [-0.39, 0.29) is 35.4 Å². The lowest BCUT2D eigenvalue weighted by atomic mass is 10.0. The number of amides is 3. The predicted octanol–water partition coefficient (Wildman–Crippen LogP) is 5.40. The van der Waals surface area contributed by atoms with Crippen molar-refractivity contribution in [2.45, 2.75) is 133 Å². The molecule has 0 radical (unpaired) electrons. The maximum atomic E-state index is 12.3. The molecule has 2 unspecified atom stereocenters. The van der Waals surface area contributed by atoms with E-state index >= 15 is 0 Å². The number of carbonyl (C=O) groups is 6. The van der Waals surface area contributed by atoms with Gasteiger partial charge >= 0.3 is 18.0 Å². The van der Waals surface area contributed by atoms with E-state index in [1.165, 1.54) is 7.11 Å². The number of esters is 2. The van der Waals surface area contributed by atoms with Crippen molar-refractivity contribution in [2.24, 2.45) is 11.8 Å². The van der Waals surface area contributed by atoms with Crippen LogP contribution >= 0.6 is 11.6 Å². The Bertz CT molecular complexity index is 843. The average Bonchev–Trinajstić information content (AvgIpc) is 2.82. The first-order valence-electron chi connectivity index (χ1n) is 13.8. The summed E-state index contributed by atoms with van der Waals surface area (Å²) in [6.45, 7) is 22.9. The average molecular weight is 609 g/mol. The van der Waals surface area contributed by atoms with Gasteiger partial charge in [0.15, 0.2) is 0 Å². The highest BCUT2D eigenvalue weighted by Crippen LogP contribution is 2.19. The molecule has 2 atom stereocenters. The Morgan fingerprint density at radius 2 is 1.15 bits per heavy atom. The standard InChI is InChI=1S/C14H25NO5.C12H23NO3.C3H5ClO/c1-8-10(16)15(13(18)19-7)11(9(2)3)12(17)20-14(4,5)6;1-7-9(14)13-10(8(2)3)11(15)16-12(4,5)6;1-2-3(4)5/h9,11H,8H2,1-7H3;8,10H,7H2,1-6H3,(H,13,14);2H2,1H3. The molecule has 0 spiro atoms. The van der Waals surface area contributed by atoms with E-state index in [2.05, 4.69) is 10.1 Å². The summed E-state index contributed by atoms with van der Waals surface area (Å²) in [5, 5.41) is 2.40. The molecule has 0 aliphatic rings. The lowest BCUT2D eigenvalue weighted by Crippen LogP contribution is -2.52. The molecule has 3 amide bonds. The maximum absolute atomic E-state index is 12.3. The van der Waals surface area contributed by atoms with E-state index in [9.17, 15) is 28.8 Å². The number of rotatable bonds is 9. The van der Waals surface area contributed by atoms with Gasteiger partial charge in [0, 0.05) is 19.3 Å². The SMILES string of the molecule is CCC(=O)Cl.CCC(=O)N(C(=O)OC)C(C(=O)OC(C)(C)C)C(C)C.CCC(=O)NC(C(=O)OC(C)(C)C)C(C)C. The number of carbonyl (C=O) groups excluding carboxylic acids is 6. The van der Waals surface area contributed by atoms with Crippen LogP contribution in [0.25, 0.3) is 0 Å². The summed E-state index contributed by atoms with van der Waals surface area (Å²) in [6.07, 6.45) is 0.0516. The Balaban J connectivity index is -0.000000614. The fourth-order valence-corrected chi connectivity index (χ4v) is 2.82. The van der Waals surface area contributed by atoms with E-state index in [0.29, 0.717) is 12.8 Å². The van der Waals surface area contributed by atoms with Gasteiger partial charge in [-0.05, 0) is 65.0 Å². The van der Waals surface area contributed by atoms with Crippen molar-refractivity contribution in [1.82, 2.24) is 10.2 Å². The van der Waals surface area contributed by atoms with Gasteiger partial charge in [-0.25, -0.2) is 19.3 Å². The van der Waals surface area contributed by atoms with Gasteiger partial charge in [-0.2, -0.15) is 0 Å². The Labute approximate surface area is 251 Å². The maximum Gasteiger partial charge on any atom is 0.417 e. The van der Waals surface area contributed by atoms with Crippen LogP contribution in [-0.2, 0) is 38.2 Å². The van der Waals surface area contributed by atoms with Crippen LogP contribution in [0.2, 0.25) is 0 Å². The van der Waals surface area contributed by atoms with Crippen molar-refractivity contribution in [3.63, 3.8) is 0 Å². The molecule has 0 heterocycles. The van der Waals surface area contributed by atoms with Crippen LogP contribution in [0.4, 0.5) is 4.79 Å². The van der Waals surface area contributed by atoms with Gasteiger partial charge in [0.25, 0.3) is 0 Å². The summed E-state index contributed by atoms with van der Waals surface area (Å²) in [7, 11) is 1.17. The molecule has 0 aromatic carbocycles. The number of nitrogens with zero attached hydrogens (tertiary/aromatic N) is 1. The summed E-state index contributed by atoms with van der Waals surface area (Å²) in [5.74, 6) is -1.85. The molecule has 0 saturated heterocycles. The number of methoxy groups -OCH3 is 1. The van der Waals surface area contributed by atoms with Crippen molar-refractivity contribution in [1.29, 1.82) is 0 Å². The monoisotopic (exact) mass is 608 g/mol. The third-order valence-electron chi connectivity index (χ3n) is 4.74. The quantitative estimate of drug-likeness (QED) is 0.206. The molecular formula is C29H53ClN2O9. The highest BCUT2D eigenvalue weighted by atomic mass is 35.5. The molecule has 240 valence electrons. The fraction of sp³-hybridized carbons (Fsp3) is 0.793. The minimum atomic E-state index is -0.992. The molecule has 0 aliphatic carbocycles. The highest BCUT2D eigenvalue weighted by Gasteiger charge is 2.39. The zero-order valence-corrected chi connectivity index (χ0v) is 28.2. The van der Waals surface area contributed by atoms with Crippen LogP contribution in [0.3, 0.4) is 0 Å². The van der Waals surface area contributed by atoms with Gasteiger partial charge < -0.3 is 19.5 Å². The minimum Gasteiger partial charge on any atom is -0.458 e. The number of hydrogen-bond donors (Lipinski definition) is 1. The Morgan fingerprint density at radius 1 is 0.732 bits per heavy atom. The number of hydrogen-bond acceptors (Lipinski definition) is 9. The van der Waals surface area contributed by atoms with Gasteiger partial charge in [0.2, 0.25) is 17.1 Å². The van der Waals surface area contributed by atoms with E-state index < -0.39 is 41.3 Å². The Morgan fingerprint density at radius 3 is 1.41 bits per heavy atom. The largest absolute Gasteiger partial charge is 0.458 e. The number of ether oxygens (including phenoxy) is 3. The first kappa shape index (κ1) is 42.8. The number of nitrogens with one attached hydrogen (secondary N) is 1. The summed E-state index contributed by atoms with van der Waals surface area (Å²) in [6, 6.07) is -1.55. The third kappa shape index (κ3) is 20.8. The summed E-state index contributed by atoms with van der Waals surface area (Å²) < 4.78 is 15.1. The second-order valence-corrected chi connectivity index (χ2v) is 12.1. The first-order chi connectivity index (χ1) is 18.5. The van der Waals surface area contributed by atoms with Crippen molar-refractivity contribution in [3.8, 4) is 0 Å². The van der Waals surface area contributed by atoms with Gasteiger partial charge in [-0.15, -0.1) is 0 Å². The van der Waals surface area contributed by atoms with Crippen LogP contribution in [0.15, 0.2) is 0 Å². The van der Waals surface area contributed by atoms with Crippen molar-refractivity contribution in [2.75, 3.05) is 7.11 Å². The summed E-state index contributed by atoms with van der Waals surface area (Å²) >= 11 is 4.82. The highest BCUT2D eigenvalue weighted by molar-refractivity contribution is 6.63. The van der Waals surface area contributed by atoms with Crippen molar-refractivity contribution in [3.05, 3.63) is 0 Å². The van der Waals surface area contributed by atoms with Gasteiger partial charge in [0.1, 0.15) is 23.3 Å². The van der Waals surface area contributed by atoms with E-state index in [1.807, 2.05) is 34.6 Å². The van der Waals surface area contributed by atoms with Crippen LogP contribution in [-0.4, -0.2) is 70.4 Å². The molecule has 0 fully saturated rings. The molecule has 0 rings (SSSR count). The van der Waals surface area contributed by atoms with Gasteiger partial charge in [-0.1, -0.05) is 48.5 Å². The molecule has 0 aliphatic heterocycles. The zero-order valence-electron chi connectivity index (χ0n) is 27.4. The van der Waals surface area contributed by atoms with Crippen LogP contribution in [0, 0.1) is 11.8 Å². The van der Waals surface area contributed by atoms with Gasteiger partial charge in [0.05, 0.1) is 7.11 Å². The number of halogens is 1. The third-order valence-corrected chi connectivity index (χ3v) is 5.01.